The number of benzene rings is 2. The van der Waals surface area contributed by atoms with E-state index in [0.717, 1.165) is 6.54 Å². The van der Waals surface area contributed by atoms with E-state index in [1.54, 1.807) is 0 Å². The summed E-state index contributed by atoms with van der Waals surface area (Å²) in [5.41, 5.74) is 3.55. The molecule has 21 heavy (non-hydrogen) atoms. The quantitative estimate of drug-likeness (QED) is 0.783. The van der Waals surface area contributed by atoms with E-state index in [1.165, 1.54) is 16.7 Å². The fourth-order valence-corrected chi connectivity index (χ4v) is 3.02. The third kappa shape index (κ3) is 3.27. The van der Waals surface area contributed by atoms with Gasteiger partial charge in [-0.3, -0.25) is 4.79 Å². The number of halogens is 1. The highest BCUT2D eigenvalue weighted by Gasteiger charge is 2.28. The second-order valence-electron chi connectivity index (χ2n) is 5.57. The molecule has 3 heteroatoms. The van der Waals surface area contributed by atoms with E-state index >= 15 is 0 Å². The number of likely N-dealkylation sites (tertiary alicyclic amines) is 1. The molecule has 1 heterocycles. The van der Waals surface area contributed by atoms with Gasteiger partial charge in [-0.05, 0) is 28.7 Å². The molecule has 0 saturated carbocycles. The minimum Gasteiger partial charge on any atom is -0.338 e. The maximum absolute atomic E-state index is 12.0. The van der Waals surface area contributed by atoms with Crippen molar-refractivity contribution in [3.8, 4) is 11.1 Å². The number of hydrogen-bond acceptors (Lipinski definition) is 1. The van der Waals surface area contributed by atoms with Gasteiger partial charge < -0.3 is 4.90 Å². The Morgan fingerprint density at radius 2 is 1.81 bits per heavy atom. The van der Waals surface area contributed by atoms with Crippen LogP contribution in [0.2, 0.25) is 0 Å². The van der Waals surface area contributed by atoms with Gasteiger partial charge in [0.2, 0.25) is 5.91 Å². The van der Waals surface area contributed by atoms with Gasteiger partial charge in [-0.15, -0.1) is 11.6 Å². The minimum atomic E-state index is 0.214. The first kappa shape index (κ1) is 14.2. The van der Waals surface area contributed by atoms with Gasteiger partial charge in [0.1, 0.15) is 0 Å². The molecule has 2 aromatic carbocycles. The highest BCUT2D eigenvalue weighted by Crippen LogP contribution is 2.24. The molecule has 2 nitrogen and oxygen atoms in total. The summed E-state index contributed by atoms with van der Waals surface area (Å²) in [7, 11) is 0. The van der Waals surface area contributed by atoms with Crippen LogP contribution in [0.4, 0.5) is 0 Å². The first-order valence-electron chi connectivity index (χ1n) is 7.24. The Morgan fingerprint density at radius 1 is 1.05 bits per heavy atom. The van der Waals surface area contributed by atoms with E-state index < -0.39 is 0 Å². The standard InChI is InChI=1S/C18H18ClNO/c19-11-15-10-18(21)20(13-15)12-14-5-4-8-17(9-14)16-6-2-1-3-7-16/h1-9,15H,10-13H2. The summed E-state index contributed by atoms with van der Waals surface area (Å²) in [6.45, 7) is 1.45. The second-order valence-corrected chi connectivity index (χ2v) is 5.87. The molecule has 1 atom stereocenters. The van der Waals surface area contributed by atoms with Crippen molar-refractivity contribution in [3.05, 3.63) is 60.2 Å². The maximum Gasteiger partial charge on any atom is 0.223 e. The molecule has 0 N–H and O–H groups in total. The fraction of sp³-hybridized carbons (Fsp3) is 0.278. The van der Waals surface area contributed by atoms with E-state index in [0.29, 0.717) is 24.8 Å². The van der Waals surface area contributed by atoms with E-state index in [1.807, 2.05) is 23.1 Å². The summed E-state index contributed by atoms with van der Waals surface area (Å²) in [6, 6.07) is 18.7. The van der Waals surface area contributed by atoms with Crippen molar-refractivity contribution in [1.82, 2.24) is 4.90 Å². The van der Waals surface area contributed by atoms with E-state index in [-0.39, 0.29) is 5.91 Å². The number of rotatable bonds is 4. The monoisotopic (exact) mass is 299 g/mol. The molecule has 1 aliphatic heterocycles. The number of alkyl halides is 1. The topological polar surface area (TPSA) is 20.3 Å². The van der Waals surface area contributed by atoms with Crippen LogP contribution in [-0.2, 0) is 11.3 Å². The zero-order chi connectivity index (χ0) is 14.7. The summed E-state index contributed by atoms with van der Waals surface area (Å²) in [4.78, 5) is 13.9. The summed E-state index contributed by atoms with van der Waals surface area (Å²) < 4.78 is 0. The molecule has 1 saturated heterocycles. The molecule has 0 bridgehead atoms. The lowest BCUT2D eigenvalue weighted by Gasteiger charge is -2.17. The normalized spacial score (nSPS) is 18.2. The molecule has 0 spiro atoms. The predicted molar refractivity (Wildman–Crippen MR) is 86.1 cm³/mol. The Morgan fingerprint density at radius 3 is 2.52 bits per heavy atom. The molecular formula is C18H18ClNO. The smallest absolute Gasteiger partial charge is 0.223 e. The number of carbonyl (C=O) groups is 1. The Labute approximate surface area is 130 Å². The van der Waals surface area contributed by atoms with Crippen molar-refractivity contribution in [1.29, 1.82) is 0 Å². The van der Waals surface area contributed by atoms with Crippen LogP contribution in [0.5, 0.6) is 0 Å². The van der Waals surface area contributed by atoms with Crippen LogP contribution < -0.4 is 0 Å². The van der Waals surface area contributed by atoms with Gasteiger partial charge in [-0.2, -0.15) is 0 Å². The zero-order valence-corrected chi connectivity index (χ0v) is 12.6. The summed E-state index contributed by atoms with van der Waals surface area (Å²) in [6.07, 6.45) is 0.585. The van der Waals surface area contributed by atoms with Crippen molar-refractivity contribution < 1.29 is 4.79 Å². The number of hydrogen-bond donors (Lipinski definition) is 0. The van der Waals surface area contributed by atoms with Crippen LogP contribution in [0.25, 0.3) is 11.1 Å². The first-order valence-corrected chi connectivity index (χ1v) is 7.78. The molecule has 1 unspecified atom stereocenters. The van der Waals surface area contributed by atoms with Gasteiger partial charge in [0.15, 0.2) is 0 Å². The lowest BCUT2D eigenvalue weighted by atomic mass is 10.0. The summed E-state index contributed by atoms with van der Waals surface area (Å²) >= 11 is 5.87. The van der Waals surface area contributed by atoms with Crippen LogP contribution in [-0.4, -0.2) is 23.2 Å². The SMILES string of the molecule is O=C1CC(CCl)CN1Cc1cccc(-c2ccccc2)c1. The third-order valence-electron chi connectivity index (χ3n) is 3.92. The van der Waals surface area contributed by atoms with Crippen molar-refractivity contribution in [2.24, 2.45) is 5.92 Å². The van der Waals surface area contributed by atoms with Crippen molar-refractivity contribution >= 4 is 17.5 Å². The second kappa shape index (κ2) is 6.31. The third-order valence-corrected chi connectivity index (χ3v) is 4.36. The molecular weight excluding hydrogens is 282 g/mol. The average Bonchev–Trinajstić information content (AvgIpc) is 2.89. The van der Waals surface area contributed by atoms with Crippen LogP contribution >= 0.6 is 11.6 Å². The molecule has 1 amide bonds. The highest BCUT2D eigenvalue weighted by molar-refractivity contribution is 6.18. The lowest BCUT2D eigenvalue weighted by Crippen LogP contribution is -2.24. The lowest BCUT2D eigenvalue weighted by molar-refractivity contribution is -0.128. The van der Waals surface area contributed by atoms with Gasteiger partial charge in [0, 0.05) is 25.4 Å². The number of nitrogens with zero attached hydrogens (tertiary/aromatic N) is 1. The molecule has 3 rings (SSSR count). The number of carbonyl (C=O) groups excluding carboxylic acids is 1. The molecule has 0 radical (unpaired) electrons. The Balaban J connectivity index is 1.77. The highest BCUT2D eigenvalue weighted by atomic mass is 35.5. The molecule has 0 aromatic heterocycles. The van der Waals surface area contributed by atoms with Gasteiger partial charge in [0.05, 0.1) is 0 Å². The fourth-order valence-electron chi connectivity index (χ4n) is 2.81. The van der Waals surface area contributed by atoms with Gasteiger partial charge in [-0.25, -0.2) is 0 Å². The van der Waals surface area contributed by atoms with E-state index in [4.69, 9.17) is 11.6 Å². The summed E-state index contributed by atoms with van der Waals surface area (Å²) in [5.74, 6) is 1.08. The van der Waals surface area contributed by atoms with Crippen molar-refractivity contribution in [2.45, 2.75) is 13.0 Å². The zero-order valence-electron chi connectivity index (χ0n) is 11.8. The van der Waals surface area contributed by atoms with Gasteiger partial charge in [0.25, 0.3) is 0 Å². The maximum atomic E-state index is 12.0. The van der Waals surface area contributed by atoms with Crippen LogP contribution in [0.1, 0.15) is 12.0 Å². The largest absolute Gasteiger partial charge is 0.338 e. The Kier molecular flexibility index (Phi) is 4.26. The van der Waals surface area contributed by atoms with Crippen molar-refractivity contribution in [3.63, 3.8) is 0 Å². The first-order chi connectivity index (χ1) is 10.3. The van der Waals surface area contributed by atoms with Gasteiger partial charge in [-0.1, -0.05) is 48.5 Å². The Bertz CT molecular complexity index is 626. The molecule has 2 aromatic rings. The van der Waals surface area contributed by atoms with Crippen LogP contribution in [0, 0.1) is 5.92 Å². The van der Waals surface area contributed by atoms with Crippen LogP contribution in [0.15, 0.2) is 54.6 Å². The van der Waals surface area contributed by atoms with Crippen molar-refractivity contribution in [2.75, 3.05) is 12.4 Å². The average molecular weight is 300 g/mol. The Hall–Kier alpha value is -1.80. The van der Waals surface area contributed by atoms with Gasteiger partial charge >= 0.3 is 0 Å². The molecule has 1 aliphatic rings. The van der Waals surface area contributed by atoms with E-state index in [2.05, 4.69) is 36.4 Å². The summed E-state index contributed by atoms with van der Waals surface area (Å²) in [5, 5.41) is 0. The molecule has 1 fully saturated rings. The molecule has 0 aliphatic carbocycles. The molecule has 108 valence electrons. The minimum absolute atomic E-state index is 0.214. The van der Waals surface area contributed by atoms with E-state index in [9.17, 15) is 4.79 Å². The predicted octanol–water partition coefficient (Wildman–Crippen LogP) is 3.94. The number of amides is 1. The van der Waals surface area contributed by atoms with Crippen LogP contribution in [0.3, 0.4) is 0 Å².